The molecule has 0 unspecified atom stereocenters. The third-order valence-electron chi connectivity index (χ3n) is 3.10. The Bertz CT molecular complexity index is 604. The Kier molecular flexibility index (Phi) is 2.91. The monoisotopic (exact) mass is 258 g/mol. The first-order chi connectivity index (χ1) is 9.24. The zero-order valence-electron chi connectivity index (χ0n) is 10.3. The summed E-state index contributed by atoms with van der Waals surface area (Å²) in [5.41, 5.74) is 0.661. The summed E-state index contributed by atoms with van der Waals surface area (Å²) in [5, 5.41) is 19.0. The number of phenols is 1. The lowest BCUT2D eigenvalue weighted by atomic mass is 10.2. The van der Waals surface area contributed by atoms with Crippen molar-refractivity contribution in [2.24, 2.45) is 0 Å². The van der Waals surface area contributed by atoms with Crippen molar-refractivity contribution in [2.75, 3.05) is 0 Å². The molecule has 1 amide bonds. The first-order valence-corrected chi connectivity index (χ1v) is 6.21. The molecular weight excluding hydrogens is 244 g/mol. The molecule has 3 rings (SSSR count). The van der Waals surface area contributed by atoms with Crippen LogP contribution in [-0.2, 0) is 6.54 Å². The number of H-pyrrole nitrogens is 1. The van der Waals surface area contributed by atoms with E-state index < -0.39 is 0 Å². The van der Waals surface area contributed by atoms with Crippen molar-refractivity contribution in [3.8, 4) is 5.75 Å². The molecule has 1 aromatic carbocycles. The summed E-state index contributed by atoms with van der Waals surface area (Å²) in [6.45, 7) is 0.249. The van der Waals surface area contributed by atoms with Crippen LogP contribution in [0.3, 0.4) is 0 Å². The van der Waals surface area contributed by atoms with E-state index in [2.05, 4.69) is 20.5 Å². The van der Waals surface area contributed by atoms with Gasteiger partial charge in [0.05, 0.1) is 0 Å². The number of phenolic OH excluding ortho intramolecular Hbond substituents is 1. The molecular formula is C13H14N4O2. The van der Waals surface area contributed by atoms with Crippen LogP contribution in [0.15, 0.2) is 24.3 Å². The first kappa shape index (κ1) is 11.7. The highest BCUT2D eigenvalue weighted by Crippen LogP contribution is 2.37. The van der Waals surface area contributed by atoms with Crippen LogP contribution < -0.4 is 5.32 Å². The molecule has 1 saturated carbocycles. The lowest BCUT2D eigenvalue weighted by Crippen LogP contribution is -2.24. The van der Waals surface area contributed by atoms with Crippen LogP contribution >= 0.6 is 0 Å². The lowest BCUT2D eigenvalue weighted by Gasteiger charge is -2.04. The Labute approximate surface area is 109 Å². The standard InChI is InChI=1S/C13H14N4O2/c18-10-4-2-1-3-9(10)7-14-13(19)12-15-11(16-17-12)8-5-6-8/h1-4,8,18H,5-7H2,(H,14,19)(H,15,16,17). The van der Waals surface area contributed by atoms with Gasteiger partial charge in [-0.3, -0.25) is 9.89 Å². The molecule has 98 valence electrons. The van der Waals surface area contributed by atoms with Gasteiger partial charge in [-0.15, -0.1) is 5.10 Å². The molecule has 19 heavy (non-hydrogen) atoms. The smallest absolute Gasteiger partial charge is 0.291 e. The van der Waals surface area contributed by atoms with Gasteiger partial charge in [-0.1, -0.05) is 18.2 Å². The third kappa shape index (κ3) is 2.57. The van der Waals surface area contributed by atoms with E-state index in [1.807, 2.05) is 0 Å². The summed E-state index contributed by atoms with van der Waals surface area (Å²) in [4.78, 5) is 16.0. The van der Waals surface area contributed by atoms with E-state index in [4.69, 9.17) is 0 Å². The van der Waals surface area contributed by atoms with Crippen LogP contribution in [0.2, 0.25) is 0 Å². The number of aromatic amines is 1. The third-order valence-corrected chi connectivity index (χ3v) is 3.10. The molecule has 2 aromatic rings. The molecule has 0 saturated heterocycles. The lowest BCUT2D eigenvalue weighted by molar-refractivity contribution is 0.0940. The van der Waals surface area contributed by atoms with Gasteiger partial charge in [0.2, 0.25) is 5.82 Å². The fraction of sp³-hybridized carbons (Fsp3) is 0.308. The highest BCUT2D eigenvalue weighted by Gasteiger charge is 2.28. The predicted molar refractivity (Wildman–Crippen MR) is 67.6 cm³/mol. The molecule has 1 aliphatic carbocycles. The number of hydrogen-bond acceptors (Lipinski definition) is 4. The number of rotatable bonds is 4. The maximum atomic E-state index is 11.8. The minimum atomic E-state index is -0.341. The summed E-state index contributed by atoms with van der Waals surface area (Å²) in [5.74, 6) is 1.19. The molecule has 0 radical (unpaired) electrons. The largest absolute Gasteiger partial charge is 0.508 e. The number of hydrogen-bond donors (Lipinski definition) is 3. The van der Waals surface area contributed by atoms with E-state index in [0.29, 0.717) is 11.5 Å². The molecule has 1 aromatic heterocycles. The number of aromatic nitrogens is 3. The van der Waals surface area contributed by atoms with Gasteiger partial charge in [-0.25, -0.2) is 4.98 Å². The summed E-state index contributed by atoms with van der Waals surface area (Å²) in [6, 6.07) is 6.87. The Morgan fingerprint density at radius 1 is 1.42 bits per heavy atom. The number of carbonyl (C=O) groups excluding carboxylic acids is 1. The number of para-hydroxylation sites is 1. The Balaban J connectivity index is 1.63. The molecule has 0 bridgehead atoms. The van der Waals surface area contributed by atoms with Crippen LogP contribution in [0.5, 0.6) is 5.75 Å². The average Bonchev–Trinajstić information content (AvgIpc) is 3.15. The molecule has 0 atom stereocenters. The Morgan fingerprint density at radius 2 is 2.21 bits per heavy atom. The summed E-state index contributed by atoms with van der Waals surface area (Å²) >= 11 is 0. The van der Waals surface area contributed by atoms with E-state index >= 15 is 0 Å². The summed E-state index contributed by atoms with van der Waals surface area (Å²) < 4.78 is 0. The highest BCUT2D eigenvalue weighted by atomic mass is 16.3. The number of carbonyl (C=O) groups is 1. The van der Waals surface area contributed by atoms with Crippen LogP contribution in [-0.4, -0.2) is 26.2 Å². The SMILES string of the molecule is O=C(NCc1ccccc1O)c1n[nH]c(C2CC2)n1. The van der Waals surface area contributed by atoms with Crippen molar-refractivity contribution in [3.05, 3.63) is 41.5 Å². The fourth-order valence-corrected chi connectivity index (χ4v) is 1.83. The maximum Gasteiger partial charge on any atom is 0.291 e. The minimum Gasteiger partial charge on any atom is -0.508 e. The molecule has 6 heteroatoms. The first-order valence-electron chi connectivity index (χ1n) is 6.21. The molecule has 0 aliphatic heterocycles. The predicted octanol–water partition coefficient (Wildman–Crippen LogP) is 1.32. The Hall–Kier alpha value is -2.37. The average molecular weight is 258 g/mol. The number of benzene rings is 1. The summed E-state index contributed by atoms with van der Waals surface area (Å²) in [7, 11) is 0. The zero-order valence-corrected chi connectivity index (χ0v) is 10.3. The van der Waals surface area contributed by atoms with Crippen molar-refractivity contribution in [1.29, 1.82) is 0 Å². The second-order valence-electron chi connectivity index (χ2n) is 4.63. The number of nitrogens with zero attached hydrogens (tertiary/aromatic N) is 2. The van der Waals surface area contributed by atoms with E-state index in [0.717, 1.165) is 18.7 Å². The minimum absolute atomic E-state index is 0.150. The molecule has 3 N–H and O–H groups in total. The van der Waals surface area contributed by atoms with Crippen molar-refractivity contribution in [2.45, 2.75) is 25.3 Å². The molecule has 1 aliphatic rings. The quantitative estimate of drug-likeness (QED) is 0.771. The van der Waals surface area contributed by atoms with Crippen molar-refractivity contribution < 1.29 is 9.90 Å². The van der Waals surface area contributed by atoms with Gasteiger partial charge in [0.25, 0.3) is 5.91 Å². The van der Waals surface area contributed by atoms with Gasteiger partial charge < -0.3 is 10.4 Å². The topological polar surface area (TPSA) is 90.9 Å². The van der Waals surface area contributed by atoms with Crippen molar-refractivity contribution >= 4 is 5.91 Å². The van der Waals surface area contributed by atoms with E-state index in [1.165, 1.54) is 0 Å². The fourth-order valence-electron chi connectivity index (χ4n) is 1.83. The van der Waals surface area contributed by atoms with Crippen molar-refractivity contribution in [3.63, 3.8) is 0 Å². The van der Waals surface area contributed by atoms with Gasteiger partial charge >= 0.3 is 0 Å². The highest BCUT2D eigenvalue weighted by molar-refractivity contribution is 5.90. The number of nitrogens with one attached hydrogen (secondary N) is 2. The number of aromatic hydroxyl groups is 1. The number of amides is 1. The van der Waals surface area contributed by atoms with Crippen LogP contribution in [0, 0.1) is 0 Å². The van der Waals surface area contributed by atoms with Crippen molar-refractivity contribution in [1.82, 2.24) is 20.5 Å². The van der Waals surface area contributed by atoms with Crippen LogP contribution in [0.1, 0.15) is 40.8 Å². The van der Waals surface area contributed by atoms with Crippen LogP contribution in [0.25, 0.3) is 0 Å². The second-order valence-corrected chi connectivity index (χ2v) is 4.63. The molecule has 6 nitrogen and oxygen atoms in total. The maximum absolute atomic E-state index is 11.8. The van der Waals surface area contributed by atoms with Gasteiger partial charge in [-0.05, 0) is 18.9 Å². The van der Waals surface area contributed by atoms with Gasteiger partial charge in [0.15, 0.2) is 0 Å². The molecule has 1 fully saturated rings. The molecule has 0 spiro atoms. The van der Waals surface area contributed by atoms with E-state index in [-0.39, 0.29) is 24.0 Å². The summed E-state index contributed by atoms with van der Waals surface area (Å²) in [6.07, 6.45) is 2.21. The van der Waals surface area contributed by atoms with E-state index in [1.54, 1.807) is 24.3 Å². The molecule has 1 heterocycles. The van der Waals surface area contributed by atoms with Crippen LogP contribution in [0.4, 0.5) is 0 Å². The second kappa shape index (κ2) is 4.72. The van der Waals surface area contributed by atoms with E-state index in [9.17, 15) is 9.90 Å². The van der Waals surface area contributed by atoms with Gasteiger partial charge in [0, 0.05) is 18.0 Å². The van der Waals surface area contributed by atoms with Gasteiger partial charge in [-0.2, -0.15) is 0 Å². The normalized spacial score (nSPS) is 14.3. The Morgan fingerprint density at radius 3 is 2.95 bits per heavy atom. The zero-order chi connectivity index (χ0) is 13.2. The van der Waals surface area contributed by atoms with Gasteiger partial charge in [0.1, 0.15) is 11.6 Å².